The summed E-state index contributed by atoms with van der Waals surface area (Å²) in [6.07, 6.45) is -4.15. The Hall–Kier alpha value is -1.97. The number of nitrogens with one attached hydrogen (secondary N) is 2. The van der Waals surface area contributed by atoms with Gasteiger partial charge in [0.1, 0.15) is 5.75 Å². The lowest BCUT2D eigenvalue weighted by atomic mass is 10.1. The second kappa shape index (κ2) is 7.51. The summed E-state index contributed by atoms with van der Waals surface area (Å²) >= 11 is 0. The zero-order chi connectivity index (χ0) is 18.7. The third-order valence-corrected chi connectivity index (χ3v) is 5.56. The second-order valence-corrected chi connectivity index (χ2v) is 7.97. The maximum Gasteiger partial charge on any atom is 0.420 e. The molecule has 6 nitrogen and oxygen atoms in total. The second-order valence-electron chi connectivity index (χ2n) is 5.75. The van der Waals surface area contributed by atoms with Gasteiger partial charge in [-0.05, 0) is 37.5 Å². The molecule has 1 aliphatic rings. The number of halogens is 3. The minimum absolute atomic E-state index is 0.00849. The van der Waals surface area contributed by atoms with Gasteiger partial charge in [-0.15, -0.1) is 0 Å². The summed E-state index contributed by atoms with van der Waals surface area (Å²) < 4.78 is 66.8. The first-order valence-corrected chi connectivity index (χ1v) is 9.52. The molecule has 0 aromatic heterocycles. The van der Waals surface area contributed by atoms with Gasteiger partial charge in [-0.3, -0.25) is 0 Å². The highest BCUT2D eigenvalue weighted by Gasteiger charge is 2.35. The highest BCUT2D eigenvalue weighted by Crippen LogP contribution is 2.37. The van der Waals surface area contributed by atoms with Gasteiger partial charge in [-0.2, -0.15) is 13.2 Å². The predicted octanol–water partition coefficient (Wildman–Crippen LogP) is 2.66. The largest absolute Gasteiger partial charge is 0.493 e. The average Bonchev–Trinajstić information content (AvgIpc) is 2.85. The van der Waals surface area contributed by atoms with Crippen LogP contribution in [0.2, 0.25) is 0 Å². The van der Waals surface area contributed by atoms with E-state index in [1.807, 2.05) is 0 Å². The lowest BCUT2D eigenvalue weighted by Gasteiger charge is -2.15. The summed E-state index contributed by atoms with van der Waals surface area (Å²) in [6.45, 7) is 1.80. The van der Waals surface area contributed by atoms with E-state index in [1.165, 1.54) is 6.07 Å². The van der Waals surface area contributed by atoms with Crippen LogP contribution in [-0.4, -0.2) is 39.1 Å². The number of amides is 2. The standard InChI is InChI=1S/C15H19F3N2O4S/c1-2-24-13-4-3-11(7-12(13)15(16,17)18)20-14(21)19-8-10-5-6-25(22,23)9-10/h3-4,7,10H,2,5-6,8-9H2,1H3,(H2,19,20,21)/t10-/m0/s1. The summed E-state index contributed by atoms with van der Waals surface area (Å²) in [6, 6.07) is 2.55. The van der Waals surface area contributed by atoms with Crippen molar-refractivity contribution >= 4 is 21.6 Å². The Morgan fingerprint density at radius 1 is 1.36 bits per heavy atom. The molecule has 1 heterocycles. The molecule has 140 valence electrons. The van der Waals surface area contributed by atoms with Gasteiger partial charge in [0.15, 0.2) is 9.84 Å². The van der Waals surface area contributed by atoms with E-state index in [9.17, 15) is 26.4 Å². The lowest BCUT2D eigenvalue weighted by Crippen LogP contribution is -2.33. The van der Waals surface area contributed by atoms with Crippen molar-refractivity contribution in [2.45, 2.75) is 19.5 Å². The van der Waals surface area contributed by atoms with Crippen LogP contribution < -0.4 is 15.4 Å². The van der Waals surface area contributed by atoms with Crippen molar-refractivity contribution in [3.63, 3.8) is 0 Å². The minimum Gasteiger partial charge on any atom is -0.493 e. The highest BCUT2D eigenvalue weighted by atomic mass is 32.2. The number of hydrogen-bond acceptors (Lipinski definition) is 4. The fourth-order valence-electron chi connectivity index (χ4n) is 2.56. The number of ether oxygens (including phenoxy) is 1. The normalized spacial score (nSPS) is 19.4. The maximum absolute atomic E-state index is 13.0. The molecule has 2 amide bonds. The van der Waals surface area contributed by atoms with Crippen LogP contribution in [0.5, 0.6) is 5.75 Å². The van der Waals surface area contributed by atoms with E-state index in [0.717, 1.165) is 12.1 Å². The number of alkyl halides is 3. The Balaban J connectivity index is 1.98. The zero-order valence-corrected chi connectivity index (χ0v) is 14.3. The van der Waals surface area contributed by atoms with Crippen LogP contribution >= 0.6 is 0 Å². The first-order valence-electron chi connectivity index (χ1n) is 7.70. The number of anilines is 1. The van der Waals surface area contributed by atoms with Crippen molar-refractivity contribution in [2.24, 2.45) is 5.92 Å². The monoisotopic (exact) mass is 380 g/mol. The number of urea groups is 1. The molecule has 0 bridgehead atoms. The molecule has 2 N–H and O–H groups in total. The summed E-state index contributed by atoms with van der Waals surface area (Å²) in [5.41, 5.74) is -1.01. The number of sulfone groups is 1. The molecule has 2 rings (SSSR count). The lowest BCUT2D eigenvalue weighted by molar-refractivity contribution is -0.138. The Bertz CT molecular complexity index is 735. The van der Waals surface area contributed by atoms with E-state index >= 15 is 0 Å². The molecule has 0 aliphatic carbocycles. The van der Waals surface area contributed by atoms with Gasteiger partial charge in [0.2, 0.25) is 0 Å². The molecule has 1 aromatic rings. The van der Waals surface area contributed by atoms with Gasteiger partial charge in [0.25, 0.3) is 0 Å². The first-order chi connectivity index (χ1) is 11.6. The molecule has 10 heteroatoms. The molecular weight excluding hydrogens is 361 g/mol. The maximum atomic E-state index is 13.0. The van der Waals surface area contributed by atoms with E-state index in [2.05, 4.69) is 10.6 Å². The van der Waals surface area contributed by atoms with Crippen molar-refractivity contribution < 1.29 is 31.1 Å². The Labute approximate surface area is 143 Å². The average molecular weight is 380 g/mol. The molecule has 1 saturated heterocycles. The number of benzene rings is 1. The molecule has 25 heavy (non-hydrogen) atoms. The van der Waals surface area contributed by atoms with Gasteiger partial charge in [-0.1, -0.05) is 0 Å². The smallest absolute Gasteiger partial charge is 0.420 e. The topological polar surface area (TPSA) is 84.5 Å². The SMILES string of the molecule is CCOc1ccc(NC(=O)NC[C@@H]2CCS(=O)(=O)C2)cc1C(F)(F)F. The molecule has 1 aliphatic heterocycles. The molecule has 1 aromatic carbocycles. The van der Waals surface area contributed by atoms with Crippen molar-refractivity contribution in [3.05, 3.63) is 23.8 Å². The molecule has 0 saturated carbocycles. The first kappa shape index (κ1) is 19.4. The van der Waals surface area contributed by atoms with Crippen LogP contribution in [0.15, 0.2) is 18.2 Å². The van der Waals surface area contributed by atoms with Gasteiger partial charge in [0.05, 0.1) is 23.7 Å². The van der Waals surface area contributed by atoms with Gasteiger partial charge in [0, 0.05) is 12.2 Å². The van der Waals surface area contributed by atoms with Gasteiger partial charge < -0.3 is 15.4 Å². The summed E-state index contributed by atoms with van der Waals surface area (Å²) in [5.74, 6) is -0.387. The highest BCUT2D eigenvalue weighted by molar-refractivity contribution is 7.91. The predicted molar refractivity (Wildman–Crippen MR) is 86.4 cm³/mol. The van der Waals surface area contributed by atoms with Crippen LogP contribution in [0.3, 0.4) is 0 Å². The zero-order valence-electron chi connectivity index (χ0n) is 13.5. The van der Waals surface area contributed by atoms with Crippen LogP contribution in [0.1, 0.15) is 18.9 Å². The molecule has 0 unspecified atom stereocenters. The van der Waals surface area contributed by atoms with Crippen LogP contribution in [0.4, 0.5) is 23.7 Å². The van der Waals surface area contributed by atoms with Crippen molar-refractivity contribution in [3.8, 4) is 5.75 Å². The molecule has 0 spiro atoms. The van der Waals surface area contributed by atoms with Crippen LogP contribution in [-0.2, 0) is 16.0 Å². The quantitative estimate of drug-likeness (QED) is 0.823. The van der Waals surface area contributed by atoms with Crippen LogP contribution in [0, 0.1) is 5.92 Å². The molecular formula is C15H19F3N2O4S. The van der Waals surface area contributed by atoms with Crippen molar-refractivity contribution in [2.75, 3.05) is 30.0 Å². The van der Waals surface area contributed by atoms with E-state index in [1.54, 1.807) is 6.92 Å². The Morgan fingerprint density at radius 2 is 2.08 bits per heavy atom. The number of rotatable bonds is 5. The summed E-state index contributed by atoms with van der Waals surface area (Å²) in [4.78, 5) is 11.8. The number of hydrogen-bond donors (Lipinski definition) is 2. The Morgan fingerprint density at radius 3 is 2.64 bits per heavy atom. The molecule has 0 radical (unpaired) electrons. The van der Waals surface area contributed by atoms with E-state index in [-0.39, 0.29) is 42.0 Å². The summed E-state index contributed by atoms with van der Waals surface area (Å²) in [5, 5.41) is 4.80. The van der Waals surface area contributed by atoms with E-state index < -0.39 is 27.6 Å². The third kappa shape index (κ3) is 5.52. The van der Waals surface area contributed by atoms with Gasteiger partial charge >= 0.3 is 12.2 Å². The van der Waals surface area contributed by atoms with Crippen molar-refractivity contribution in [1.82, 2.24) is 5.32 Å². The third-order valence-electron chi connectivity index (χ3n) is 3.72. The van der Waals surface area contributed by atoms with Crippen molar-refractivity contribution in [1.29, 1.82) is 0 Å². The van der Waals surface area contributed by atoms with Gasteiger partial charge in [-0.25, -0.2) is 13.2 Å². The molecule has 1 fully saturated rings. The number of carbonyl (C=O) groups excluding carboxylic acids is 1. The van der Waals surface area contributed by atoms with E-state index in [0.29, 0.717) is 6.42 Å². The number of carbonyl (C=O) groups is 1. The molecule has 1 atom stereocenters. The fourth-order valence-corrected chi connectivity index (χ4v) is 4.42. The minimum atomic E-state index is -4.61. The fraction of sp³-hybridized carbons (Fsp3) is 0.533. The van der Waals surface area contributed by atoms with Crippen LogP contribution in [0.25, 0.3) is 0 Å². The Kier molecular flexibility index (Phi) is 5.81. The summed E-state index contributed by atoms with van der Waals surface area (Å²) in [7, 11) is -3.05. The van der Waals surface area contributed by atoms with E-state index in [4.69, 9.17) is 4.74 Å².